The molecule has 14 heavy (non-hydrogen) atoms. The van der Waals surface area contributed by atoms with Gasteiger partial charge in [0.25, 0.3) is 0 Å². The van der Waals surface area contributed by atoms with Crippen LogP contribution in [0.3, 0.4) is 0 Å². The molecule has 4 N–H and O–H groups in total. The second kappa shape index (κ2) is 4.51. The predicted octanol–water partition coefficient (Wildman–Crippen LogP) is -2.11. The summed E-state index contributed by atoms with van der Waals surface area (Å²) in [5, 5.41) is 18.1. The molecule has 1 fully saturated rings. The van der Waals surface area contributed by atoms with Gasteiger partial charge in [0, 0.05) is 6.42 Å². The van der Waals surface area contributed by atoms with Crippen molar-refractivity contribution in [1.82, 2.24) is 4.72 Å². The van der Waals surface area contributed by atoms with Crippen molar-refractivity contribution in [1.29, 1.82) is 0 Å². The number of aliphatic hydroxyl groups is 2. The van der Waals surface area contributed by atoms with Crippen molar-refractivity contribution in [2.45, 2.75) is 24.7 Å². The lowest BCUT2D eigenvalue weighted by Crippen LogP contribution is -2.52. The molecular formula is C6H13NO6S. The molecule has 0 spiro atoms. The smallest absolute Gasteiger partial charge is 0.333 e. The van der Waals surface area contributed by atoms with E-state index in [0.717, 1.165) is 0 Å². The number of ether oxygens (including phenoxy) is 1. The first-order valence-electron chi connectivity index (χ1n) is 4.07. The third-order valence-corrected chi connectivity index (χ3v) is 2.58. The fraction of sp³-hybridized carbons (Fsp3) is 1.00. The maximum atomic E-state index is 10.4. The minimum Gasteiger partial charge on any atom is -0.394 e. The van der Waals surface area contributed by atoms with Crippen LogP contribution in [0.5, 0.6) is 0 Å². The van der Waals surface area contributed by atoms with Gasteiger partial charge in [-0.2, -0.15) is 13.1 Å². The van der Waals surface area contributed by atoms with Gasteiger partial charge in [-0.15, -0.1) is 0 Å². The summed E-state index contributed by atoms with van der Waals surface area (Å²) in [6.07, 6.45) is -1.32. The van der Waals surface area contributed by atoms with Crippen molar-refractivity contribution in [2.75, 3.05) is 13.2 Å². The zero-order chi connectivity index (χ0) is 10.8. The van der Waals surface area contributed by atoms with Gasteiger partial charge in [-0.25, -0.2) is 0 Å². The first-order valence-corrected chi connectivity index (χ1v) is 5.51. The average molecular weight is 227 g/mol. The molecular weight excluding hydrogens is 214 g/mol. The Labute approximate surface area is 81.6 Å². The molecule has 0 aliphatic carbocycles. The van der Waals surface area contributed by atoms with E-state index in [-0.39, 0.29) is 19.6 Å². The third-order valence-electron chi connectivity index (χ3n) is 1.98. The van der Waals surface area contributed by atoms with Gasteiger partial charge in [0.05, 0.1) is 31.5 Å². The van der Waals surface area contributed by atoms with Crippen molar-refractivity contribution in [2.24, 2.45) is 0 Å². The summed E-state index contributed by atoms with van der Waals surface area (Å²) in [6, 6.07) is -0.868. The zero-order valence-corrected chi connectivity index (χ0v) is 8.14. The van der Waals surface area contributed by atoms with Crippen LogP contribution in [0, 0.1) is 0 Å². The van der Waals surface area contributed by atoms with Gasteiger partial charge in [0.15, 0.2) is 0 Å². The summed E-state index contributed by atoms with van der Waals surface area (Å²) >= 11 is 0. The van der Waals surface area contributed by atoms with Gasteiger partial charge in [-0.3, -0.25) is 4.55 Å². The molecule has 1 saturated heterocycles. The largest absolute Gasteiger partial charge is 0.394 e. The minimum atomic E-state index is -4.33. The Morgan fingerprint density at radius 3 is 2.57 bits per heavy atom. The van der Waals surface area contributed by atoms with Crippen molar-refractivity contribution in [3.63, 3.8) is 0 Å². The standard InChI is InChI=1S/C6H13NO6S/c8-2-4-1-6(9)5(3-13-4)7-14(10,11)12/h4-9H,1-3H2,(H,10,11,12)/t4?,5?,6-/m0/s1. The van der Waals surface area contributed by atoms with E-state index in [1.165, 1.54) is 0 Å². The molecule has 7 nitrogen and oxygen atoms in total. The lowest BCUT2D eigenvalue weighted by atomic mass is 10.0. The highest BCUT2D eigenvalue weighted by Crippen LogP contribution is 2.14. The Hall–Kier alpha value is -0.250. The van der Waals surface area contributed by atoms with E-state index in [1.54, 1.807) is 0 Å². The van der Waals surface area contributed by atoms with E-state index in [1.807, 2.05) is 4.72 Å². The number of rotatable bonds is 3. The van der Waals surface area contributed by atoms with Crippen molar-refractivity contribution >= 4 is 10.3 Å². The molecule has 0 saturated carbocycles. The molecule has 0 aromatic rings. The second-order valence-electron chi connectivity index (χ2n) is 3.14. The number of nitrogens with one attached hydrogen (secondary N) is 1. The molecule has 0 aromatic heterocycles. The lowest BCUT2D eigenvalue weighted by Gasteiger charge is -2.31. The van der Waals surface area contributed by atoms with Crippen molar-refractivity contribution in [3.8, 4) is 0 Å². The Kier molecular flexibility index (Phi) is 3.81. The van der Waals surface area contributed by atoms with Crippen LogP contribution >= 0.6 is 0 Å². The van der Waals surface area contributed by atoms with E-state index in [2.05, 4.69) is 0 Å². The summed E-state index contributed by atoms with van der Waals surface area (Å²) in [5.74, 6) is 0. The molecule has 8 heteroatoms. The van der Waals surface area contributed by atoms with Gasteiger partial charge < -0.3 is 14.9 Å². The molecule has 1 heterocycles. The monoisotopic (exact) mass is 227 g/mol. The van der Waals surface area contributed by atoms with Gasteiger partial charge in [0.1, 0.15) is 0 Å². The molecule has 0 amide bonds. The number of hydrogen-bond acceptors (Lipinski definition) is 5. The summed E-state index contributed by atoms with van der Waals surface area (Å²) in [5.41, 5.74) is 0. The van der Waals surface area contributed by atoms with Crippen molar-refractivity contribution < 1.29 is 27.9 Å². The van der Waals surface area contributed by atoms with Gasteiger partial charge >= 0.3 is 10.3 Å². The van der Waals surface area contributed by atoms with Crippen LogP contribution in [-0.2, 0) is 15.0 Å². The van der Waals surface area contributed by atoms with E-state index in [4.69, 9.17) is 14.4 Å². The van der Waals surface area contributed by atoms with Gasteiger partial charge in [-0.1, -0.05) is 0 Å². The number of hydrogen-bond donors (Lipinski definition) is 4. The van der Waals surface area contributed by atoms with E-state index < -0.39 is 28.6 Å². The highest BCUT2D eigenvalue weighted by molar-refractivity contribution is 7.83. The van der Waals surface area contributed by atoms with Crippen LogP contribution in [0.4, 0.5) is 0 Å². The first kappa shape index (κ1) is 11.8. The van der Waals surface area contributed by atoms with E-state index >= 15 is 0 Å². The molecule has 84 valence electrons. The third kappa shape index (κ3) is 3.48. The Morgan fingerprint density at radius 1 is 1.50 bits per heavy atom. The Bertz CT molecular complexity index is 278. The van der Waals surface area contributed by atoms with E-state index in [9.17, 15) is 13.5 Å². The lowest BCUT2D eigenvalue weighted by molar-refractivity contribution is -0.0792. The normalized spacial score (nSPS) is 34.4. The van der Waals surface area contributed by atoms with Crippen LogP contribution in [0.15, 0.2) is 0 Å². The van der Waals surface area contributed by atoms with Crippen LogP contribution in [0.2, 0.25) is 0 Å². The van der Waals surface area contributed by atoms with Crippen LogP contribution in [-0.4, -0.2) is 54.6 Å². The SMILES string of the molecule is O=S(=O)(O)NC1COC(CO)C[C@@H]1O. The maximum absolute atomic E-state index is 10.4. The van der Waals surface area contributed by atoms with Gasteiger partial charge in [0.2, 0.25) is 0 Å². The van der Waals surface area contributed by atoms with Crippen LogP contribution in [0.1, 0.15) is 6.42 Å². The topological polar surface area (TPSA) is 116 Å². The van der Waals surface area contributed by atoms with Crippen LogP contribution < -0.4 is 4.72 Å². The molecule has 2 unspecified atom stereocenters. The summed E-state index contributed by atoms with van der Waals surface area (Å²) in [6.45, 7) is -0.304. The molecule has 3 atom stereocenters. The summed E-state index contributed by atoms with van der Waals surface area (Å²) in [4.78, 5) is 0. The quantitative estimate of drug-likeness (QED) is 0.410. The maximum Gasteiger partial charge on any atom is 0.333 e. The predicted molar refractivity (Wildman–Crippen MR) is 45.9 cm³/mol. The second-order valence-corrected chi connectivity index (χ2v) is 4.33. The fourth-order valence-corrected chi connectivity index (χ4v) is 1.89. The van der Waals surface area contributed by atoms with Crippen LogP contribution in [0.25, 0.3) is 0 Å². The molecule has 0 radical (unpaired) electrons. The molecule has 1 aliphatic rings. The number of aliphatic hydroxyl groups excluding tert-OH is 2. The molecule has 0 aromatic carbocycles. The fourth-order valence-electron chi connectivity index (χ4n) is 1.28. The Balaban J connectivity index is 2.50. The summed E-state index contributed by atoms with van der Waals surface area (Å²) in [7, 11) is -4.33. The highest BCUT2D eigenvalue weighted by Gasteiger charge is 2.31. The molecule has 0 bridgehead atoms. The zero-order valence-electron chi connectivity index (χ0n) is 7.33. The van der Waals surface area contributed by atoms with Crippen molar-refractivity contribution in [3.05, 3.63) is 0 Å². The Morgan fingerprint density at radius 2 is 2.14 bits per heavy atom. The average Bonchev–Trinajstić information content (AvgIpc) is 2.06. The molecule has 1 rings (SSSR count). The minimum absolute atomic E-state index is 0.0772. The van der Waals surface area contributed by atoms with E-state index in [0.29, 0.717) is 0 Å². The van der Waals surface area contributed by atoms with Gasteiger partial charge in [-0.05, 0) is 0 Å². The highest BCUT2D eigenvalue weighted by atomic mass is 32.2. The summed E-state index contributed by atoms with van der Waals surface area (Å²) < 4.78 is 36.1. The molecule has 1 aliphatic heterocycles. The first-order chi connectivity index (χ1) is 6.42.